The molecule has 0 radical (unpaired) electrons. The van der Waals surface area contributed by atoms with Crippen molar-refractivity contribution in [3.8, 4) is 157 Å². The molecule has 0 fully saturated rings. The summed E-state index contributed by atoms with van der Waals surface area (Å²) in [4.78, 5) is 37.7. The van der Waals surface area contributed by atoms with E-state index < -0.39 is 10.8 Å². The first-order chi connectivity index (χ1) is 56.4. The Morgan fingerprint density at radius 3 is 0.737 bits per heavy atom. The van der Waals surface area contributed by atoms with Crippen molar-refractivity contribution in [2.24, 2.45) is 0 Å². The van der Waals surface area contributed by atoms with Gasteiger partial charge in [-0.25, -0.2) is 39.6 Å². The van der Waals surface area contributed by atoms with Crippen molar-refractivity contribution < 1.29 is 0 Å². The van der Waals surface area contributed by atoms with Gasteiger partial charge in [0.2, 0.25) is 0 Å². The van der Waals surface area contributed by atoms with Crippen LogP contribution in [-0.2, 0) is 10.8 Å². The van der Waals surface area contributed by atoms with Crippen LogP contribution in [0.2, 0.25) is 0 Å². The highest BCUT2D eigenvalue weighted by Crippen LogP contribution is 2.65. The Morgan fingerprint density at radius 2 is 0.386 bits per heavy atom. The van der Waals surface area contributed by atoms with Gasteiger partial charge in [0.25, 0.3) is 0 Å². The van der Waals surface area contributed by atoms with Gasteiger partial charge in [-0.05, 0) is 152 Å². The molecule has 0 N–H and O–H groups in total. The lowest BCUT2D eigenvalue weighted by Crippen LogP contribution is -2.25. The predicted octanol–water partition coefficient (Wildman–Crippen LogP) is 26.2. The fraction of sp³-hybridized carbons (Fsp3) is 0.0189. The number of hydrogen-bond donors (Lipinski definition) is 0. The fourth-order valence-corrected chi connectivity index (χ4v) is 18.0. The summed E-state index contributed by atoms with van der Waals surface area (Å²) >= 11 is 0. The van der Waals surface area contributed by atoms with Crippen molar-refractivity contribution >= 4 is 11.4 Å². The van der Waals surface area contributed by atoms with E-state index in [9.17, 15) is 0 Å². The zero-order valence-corrected chi connectivity index (χ0v) is 61.5. The van der Waals surface area contributed by atoms with E-state index in [1.54, 1.807) is 0 Å². The smallest absolute Gasteiger partial charge is 0.187 e. The second-order valence-electron chi connectivity index (χ2n) is 29.3. The third kappa shape index (κ3) is 10.9. The zero-order chi connectivity index (χ0) is 75.9. The Bertz CT molecular complexity index is 6880. The van der Waals surface area contributed by atoms with Crippen molar-refractivity contribution in [1.82, 2.24) is 29.9 Å². The van der Waals surface area contributed by atoms with E-state index in [1.165, 1.54) is 94.6 Å². The van der Waals surface area contributed by atoms with Gasteiger partial charge in [0, 0.05) is 33.4 Å². The lowest BCUT2D eigenvalue weighted by Gasteiger charge is -2.30. The van der Waals surface area contributed by atoms with Gasteiger partial charge in [-0.15, -0.1) is 0 Å². The molecule has 0 saturated heterocycles. The van der Waals surface area contributed by atoms with E-state index in [-0.39, 0.29) is 0 Å². The molecule has 2 spiro atoms. The molecule has 18 aromatic rings. The van der Waals surface area contributed by atoms with Gasteiger partial charge in [-0.3, -0.25) is 0 Å². The van der Waals surface area contributed by atoms with E-state index >= 15 is 0 Å². The van der Waals surface area contributed by atoms with E-state index in [4.69, 9.17) is 43.0 Å². The van der Waals surface area contributed by atoms with Crippen LogP contribution in [0.15, 0.2) is 388 Å². The van der Waals surface area contributed by atoms with Gasteiger partial charge < -0.3 is 0 Å². The van der Waals surface area contributed by atoms with Crippen LogP contribution in [0.25, 0.3) is 167 Å². The molecule has 0 unspecified atom stereocenters. The molecular formula is C106H64N8. The standard InChI is InChI=1S/2C53H32N4/c1-54-41-28-29-44-45-32-39(27-30-48(45)53(49(44)33-41)46-21-10-8-19-42(46)43-20-9-11-22-47(43)53)35-23-25-37(26-24-35)51-55-50(36-15-6-3-7-16-36)56-52(57-51)40-18-12-17-38(31-40)34-13-4-2-5-14-34;1-54-41-29-30-44-45-32-40(28-31-48(45)53(49(44)33-41)46-18-10-8-16-42(46)43-17-9-11-19-47(43)53)36-22-26-39(27-23-36)52-56-50(37-14-6-3-7-15-37)55-51(57-52)38-24-20-35(21-25-38)34-12-4-2-5-13-34/h2*2-33H. The normalized spacial score (nSPS) is 12.7. The van der Waals surface area contributed by atoms with Crippen molar-refractivity contribution in [2.45, 2.75) is 10.8 Å². The quantitative estimate of drug-likeness (QED) is 0.127. The van der Waals surface area contributed by atoms with Crippen LogP contribution in [-0.4, -0.2) is 29.9 Å². The Labute approximate surface area is 660 Å². The maximum atomic E-state index is 7.91. The van der Waals surface area contributed by atoms with Crippen molar-refractivity contribution in [2.75, 3.05) is 0 Å². The van der Waals surface area contributed by atoms with Crippen molar-refractivity contribution in [3.63, 3.8) is 0 Å². The molecule has 0 atom stereocenters. The zero-order valence-electron chi connectivity index (χ0n) is 61.5. The van der Waals surface area contributed by atoms with E-state index in [0.29, 0.717) is 46.3 Å². The number of fused-ring (bicyclic) bond motifs is 20. The molecule has 4 aliphatic rings. The maximum Gasteiger partial charge on any atom is 0.187 e. The first kappa shape index (κ1) is 66.7. The Morgan fingerprint density at radius 1 is 0.158 bits per heavy atom. The molecule has 22 rings (SSSR count). The number of aromatic nitrogens is 6. The monoisotopic (exact) mass is 1450 g/mol. The molecule has 8 heteroatoms. The van der Waals surface area contributed by atoms with E-state index in [2.05, 4.69) is 313 Å². The molecule has 528 valence electrons. The third-order valence-electron chi connectivity index (χ3n) is 23.2. The molecule has 0 aliphatic heterocycles. The van der Waals surface area contributed by atoms with Gasteiger partial charge >= 0.3 is 0 Å². The summed E-state index contributed by atoms with van der Waals surface area (Å²) in [6, 6.07) is 136. The minimum absolute atomic E-state index is 0.490. The Kier molecular flexibility index (Phi) is 16.0. The van der Waals surface area contributed by atoms with Crippen LogP contribution in [0.4, 0.5) is 11.4 Å². The van der Waals surface area contributed by atoms with Crippen LogP contribution >= 0.6 is 0 Å². The topological polar surface area (TPSA) is 86.1 Å². The highest BCUT2D eigenvalue weighted by molar-refractivity contribution is 5.99. The predicted molar refractivity (Wildman–Crippen MR) is 459 cm³/mol. The lowest BCUT2D eigenvalue weighted by molar-refractivity contribution is 0.794. The molecule has 4 aliphatic carbocycles. The summed E-state index contributed by atoms with van der Waals surface area (Å²) in [6.45, 7) is 15.8. The van der Waals surface area contributed by atoms with Crippen LogP contribution in [0, 0.1) is 13.1 Å². The Hall–Kier alpha value is -15.5. The summed E-state index contributed by atoms with van der Waals surface area (Å²) < 4.78 is 0. The highest BCUT2D eigenvalue weighted by atomic mass is 15.0. The first-order valence-corrected chi connectivity index (χ1v) is 38.3. The van der Waals surface area contributed by atoms with Crippen molar-refractivity contribution in [1.29, 1.82) is 0 Å². The molecular weight excluding hydrogens is 1390 g/mol. The average molecular weight is 1450 g/mol. The van der Waals surface area contributed by atoms with E-state index in [0.717, 1.165) is 72.3 Å². The van der Waals surface area contributed by atoms with Gasteiger partial charge in [0.05, 0.1) is 24.0 Å². The molecule has 8 nitrogen and oxygen atoms in total. The van der Waals surface area contributed by atoms with Crippen LogP contribution in [0.3, 0.4) is 0 Å². The number of hydrogen-bond acceptors (Lipinski definition) is 6. The number of rotatable bonds is 10. The van der Waals surface area contributed by atoms with Gasteiger partial charge in [0.1, 0.15) is 0 Å². The second kappa shape index (κ2) is 27.3. The van der Waals surface area contributed by atoms with Crippen LogP contribution < -0.4 is 0 Å². The summed E-state index contributed by atoms with van der Waals surface area (Å²) in [6.07, 6.45) is 0. The third-order valence-corrected chi connectivity index (χ3v) is 23.2. The molecule has 16 aromatic carbocycles. The minimum atomic E-state index is -0.492. The summed E-state index contributed by atoms with van der Waals surface area (Å²) in [5.41, 5.74) is 34.5. The van der Waals surface area contributed by atoms with Crippen LogP contribution in [0.5, 0.6) is 0 Å². The maximum absolute atomic E-state index is 7.91. The largest absolute Gasteiger partial charge is 0.238 e. The summed E-state index contributed by atoms with van der Waals surface area (Å²) in [5, 5.41) is 0. The SMILES string of the molecule is [C-]#[N+]c1ccc2c(c1)C1(c3ccccc3-c3ccccc31)c1ccc(-c3ccc(-c4nc(-c5ccccc5)nc(-c5ccc(-c6ccccc6)cc5)n4)cc3)cc1-2.[C-]#[N+]c1ccc2c(c1)C1(c3ccccc3-c3ccccc31)c1ccc(-c3ccc(-c4nc(-c5ccccc5)nc(-c5cccc(-c6ccccc6)c5)n4)cc3)cc1-2. The Balaban J connectivity index is 0.000000143. The molecule has 0 amide bonds. The summed E-state index contributed by atoms with van der Waals surface area (Å²) in [5.74, 6) is 3.77. The first-order valence-electron chi connectivity index (χ1n) is 38.3. The lowest BCUT2D eigenvalue weighted by atomic mass is 9.70. The van der Waals surface area contributed by atoms with Crippen LogP contribution in [0.1, 0.15) is 44.5 Å². The molecule has 2 heterocycles. The molecule has 0 bridgehead atoms. The molecule has 114 heavy (non-hydrogen) atoms. The number of nitrogens with zero attached hydrogens (tertiary/aromatic N) is 8. The number of benzene rings is 16. The van der Waals surface area contributed by atoms with Gasteiger partial charge in [-0.2, -0.15) is 0 Å². The van der Waals surface area contributed by atoms with E-state index in [1.807, 2.05) is 84.9 Å². The average Bonchev–Trinajstić information content (AvgIpc) is 1.51. The fourth-order valence-electron chi connectivity index (χ4n) is 18.0. The van der Waals surface area contributed by atoms with Gasteiger partial charge in [0.15, 0.2) is 46.3 Å². The second-order valence-corrected chi connectivity index (χ2v) is 29.3. The summed E-state index contributed by atoms with van der Waals surface area (Å²) in [7, 11) is 0. The minimum Gasteiger partial charge on any atom is -0.238 e. The molecule has 2 aromatic heterocycles. The van der Waals surface area contributed by atoms with Gasteiger partial charge in [-0.1, -0.05) is 370 Å². The highest BCUT2D eigenvalue weighted by Gasteiger charge is 2.53. The molecule has 0 saturated carbocycles. The van der Waals surface area contributed by atoms with Crippen molar-refractivity contribution in [3.05, 3.63) is 456 Å².